The minimum atomic E-state index is 0.688. The van der Waals surface area contributed by atoms with Gasteiger partial charge in [0.1, 0.15) is 0 Å². The van der Waals surface area contributed by atoms with Gasteiger partial charge in [-0.3, -0.25) is 0 Å². The maximum Gasteiger partial charge on any atom is 0.0433 e. The molecular weight excluding hydrogens is 108 g/mol. The summed E-state index contributed by atoms with van der Waals surface area (Å²) in [4.78, 5) is 0. The van der Waals surface area contributed by atoms with Crippen molar-refractivity contribution in [1.29, 1.82) is 0 Å². The molecule has 0 aromatic carbocycles. The lowest BCUT2D eigenvalue weighted by Gasteiger charge is -1.91. The minimum absolute atomic E-state index is 0.688. The lowest BCUT2D eigenvalue weighted by atomic mass is 10.2. The van der Waals surface area contributed by atoms with E-state index < -0.39 is 0 Å². The molecule has 0 aromatic rings. The van der Waals surface area contributed by atoms with Crippen molar-refractivity contribution in [2.45, 2.75) is 20.3 Å². The first-order chi connectivity index (χ1) is 3.35. The van der Waals surface area contributed by atoms with Crippen LogP contribution in [0.15, 0.2) is 11.6 Å². The second-order valence-corrected chi connectivity index (χ2v) is 1.70. The Balaban J connectivity index is 3.38. The van der Waals surface area contributed by atoms with Crippen LogP contribution in [0, 0.1) is 0 Å². The second kappa shape index (κ2) is 4.20. The van der Waals surface area contributed by atoms with E-state index in [1.54, 1.807) is 0 Å². The van der Waals surface area contributed by atoms with E-state index in [9.17, 15) is 0 Å². The summed E-state index contributed by atoms with van der Waals surface area (Å²) in [6.45, 7) is 4.12. The average Bonchev–Trinajstić information content (AvgIpc) is 1.72. The van der Waals surface area contributed by atoms with Gasteiger partial charge in [-0.1, -0.05) is 18.6 Å². The Morgan fingerprint density at radius 2 is 2.29 bits per heavy atom. The van der Waals surface area contributed by atoms with Gasteiger partial charge in [-0.05, 0) is 13.3 Å². The fraction of sp³-hybridized carbons (Fsp3) is 0.667. The molecule has 0 amide bonds. The molecule has 0 bridgehead atoms. The largest absolute Gasteiger partial charge is 0.122 e. The van der Waals surface area contributed by atoms with E-state index in [0.29, 0.717) is 5.88 Å². The van der Waals surface area contributed by atoms with Crippen molar-refractivity contribution in [3.05, 3.63) is 11.6 Å². The smallest absolute Gasteiger partial charge is 0.0433 e. The summed E-state index contributed by atoms with van der Waals surface area (Å²) in [6.07, 6.45) is 3.15. The monoisotopic (exact) mass is 118 g/mol. The van der Waals surface area contributed by atoms with Crippen molar-refractivity contribution >= 4 is 11.6 Å². The van der Waals surface area contributed by atoms with Crippen LogP contribution in [0.5, 0.6) is 0 Å². The van der Waals surface area contributed by atoms with Crippen molar-refractivity contribution in [3.63, 3.8) is 0 Å². The molecule has 0 unspecified atom stereocenters. The molecule has 0 N–H and O–H groups in total. The molecule has 0 nitrogen and oxygen atoms in total. The number of allylic oxidation sites excluding steroid dienone is 2. The highest BCUT2D eigenvalue weighted by molar-refractivity contribution is 6.19. The van der Waals surface area contributed by atoms with Crippen LogP contribution in [0.4, 0.5) is 0 Å². The molecule has 0 radical (unpaired) electrons. The average molecular weight is 119 g/mol. The van der Waals surface area contributed by atoms with Gasteiger partial charge in [0.15, 0.2) is 0 Å². The molecule has 0 atom stereocenters. The van der Waals surface area contributed by atoms with E-state index >= 15 is 0 Å². The maximum absolute atomic E-state index is 5.50. The van der Waals surface area contributed by atoms with Crippen molar-refractivity contribution < 1.29 is 0 Å². The van der Waals surface area contributed by atoms with Crippen molar-refractivity contribution in [1.82, 2.24) is 0 Å². The summed E-state index contributed by atoms with van der Waals surface area (Å²) in [5.41, 5.74) is 1.32. The third-order valence-corrected chi connectivity index (χ3v) is 1.38. The lowest BCUT2D eigenvalue weighted by Crippen LogP contribution is -1.77. The van der Waals surface area contributed by atoms with Crippen LogP contribution in [-0.2, 0) is 0 Å². The van der Waals surface area contributed by atoms with Crippen LogP contribution in [-0.4, -0.2) is 5.88 Å². The van der Waals surface area contributed by atoms with Gasteiger partial charge in [0.2, 0.25) is 0 Å². The van der Waals surface area contributed by atoms with Gasteiger partial charge in [-0.25, -0.2) is 0 Å². The van der Waals surface area contributed by atoms with Gasteiger partial charge in [0.05, 0.1) is 0 Å². The minimum Gasteiger partial charge on any atom is -0.122 e. The molecule has 0 aromatic heterocycles. The quantitative estimate of drug-likeness (QED) is 0.386. The van der Waals surface area contributed by atoms with Crippen molar-refractivity contribution in [2.75, 3.05) is 5.88 Å². The van der Waals surface area contributed by atoms with Crippen LogP contribution in [0.3, 0.4) is 0 Å². The summed E-state index contributed by atoms with van der Waals surface area (Å²) < 4.78 is 0. The van der Waals surface area contributed by atoms with E-state index in [-0.39, 0.29) is 0 Å². The summed E-state index contributed by atoms with van der Waals surface area (Å²) in [5.74, 6) is 0.688. The van der Waals surface area contributed by atoms with Crippen LogP contribution < -0.4 is 0 Å². The molecule has 0 spiro atoms. The van der Waals surface area contributed by atoms with Crippen molar-refractivity contribution in [2.24, 2.45) is 0 Å². The summed E-state index contributed by atoms with van der Waals surface area (Å²) in [6, 6.07) is 0. The Hall–Kier alpha value is 0.0300. The van der Waals surface area contributed by atoms with Crippen LogP contribution in [0.1, 0.15) is 20.3 Å². The summed E-state index contributed by atoms with van der Waals surface area (Å²) in [7, 11) is 0. The van der Waals surface area contributed by atoms with E-state index in [4.69, 9.17) is 11.6 Å². The molecule has 7 heavy (non-hydrogen) atoms. The zero-order chi connectivity index (χ0) is 5.70. The van der Waals surface area contributed by atoms with Gasteiger partial charge in [0, 0.05) is 5.88 Å². The number of rotatable bonds is 2. The predicted octanol–water partition coefficient (Wildman–Crippen LogP) is 2.58. The van der Waals surface area contributed by atoms with E-state index in [2.05, 4.69) is 13.0 Å². The highest BCUT2D eigenvalue weighted by Crippen LogP contribution is 2.00. The third-order valence-electron chi connectivity index (χ3n) is 1.03. The third kappa shape index (κ3) is 2.69. The SMILES string of the molecule is C/C=C(/CC)CCl. The first-order valence-corrected chi connectivity index (χ1v) is 3.08. The Labute approximate surface area is 50.2 Å². The van der Waals surface area contributed by atoms with Crippen LogP contribution in [0.2, 0.25) is 0 Å². The predicted molar refractivity (Wildman–Crippen MR) is 34.8 cm³/mol. The molecule has 0 saturated heterocycles. The zero-order valence-electron chi connectivity index (χ0n) is 4.87. The topological polar surface area (TPSA) is 0 Å². The number of hydrogen-bond donors (Lipinski definition) is 0. The fourth-order valence-electron chi connectivity index (χ4n) is 0.376. The number of halogens is 1. The molecule has 0 heterocycles. The standard InChI is InChI=1S/C6H11Cl/c1-3-6(4-2)5-7/h3H,4-5H2,1-2H3/b6-3-. The van der Waals surface area contributed by atoms with Gasteiger partial charge >= 0.3 is 0 Å². The summed E-state index contributed by atoms with van der Waals surface area (Å²) >= 11 is 5.50. The highest BCUT2D eigenvalue weighted by atomic mass is 35.5. The lowest BCUT2D eigenvalue weighted by molar-refractivity contribution is 1.10. The Morgan fingerprint density at radius 3 is 2.29 bits per heavy atom. The van der Waals surface area contributed by atoms with E-state index in [1.165, 1.54) is 5.57 Å². The van der Waals surface area contributed by atoms with Crippen LogP contribution >= 0.6 is 11.6 Å². The Bertz CT molecular complexity index is 58.6. The number of alkyl halides is 1. The first kappa shape index (κ1) is 7.03. The maximum atomic E-state index is 5.50. The molecule has 1 heteroatoms. The van der Waals surface area contributed by atoms with Crippen molar-refractivity contribution in [3.8, 4) is 0 Å². The van der Waals surface area contributed by atoms with Gasteiger partial charge in [-0.15, -0.1) is 11.6 Å². The molecule has 0 saturated carbocycles. The van der Waals surface area contributed by atoms with E-state index in [1.807, 2.05) is 6.92 Å². The second-order valence-electron chi connectivity index (χ2n) is 1.43. The molecule has 0 aliphatic heterocycles. The molecule has 0 aliphatic carbocycles. The van der Waals surface area contributed by atoms with Gasteiger partial charge in [0.25, 0.3) is 0 Å². The number of hydrogen-bond acceptors (Lipinski definition) is 0. The van der Waals surface area contributed by atoms with Gasteiger partial charge < -0.3 is 0 Å². The Morgan fingerprint density at radius 1 is 1.71 bits per heavy atom. The molecule has 0 aliphatic rings. The Kier molecular flexibility index (Phi) is 4.21. The van der Waals surface area contributed by atoms with E-state index in [0.717, 1.165) is 6.42 Å². The molecule has 0 fully saturated rings. The highest BCUT2D eigenvalue weighted by Gasteiger charge is 1.83. The normalized spacial score (nSPS) is 12.1. The fourth-order valence-corrected chi connectivity index (χ4v) is 0.719. The first-order valence-electron chi connectivity index (χ1n) is 2.55. The summed E-state index contributed by atoms with van der Waals surface area (Å²) in [5, 5.41) is 0. The molecule has 0 rings (SSSR count). The molecular formula is C6H11Cl. The zero-order valence-corrected chi connectivity index (χ0v) is 5.63. The molecule has 42 valence electrons. The van der Waals surface area contributed by atoms with Crippen LogP contribution in [0.25, 0.3) is 0 Å². The van der Waals surface area contributed by atoms with Gasteiger partial charge in [-0.2, -0.15) is 0 Å².